The van der Waals surface area contributed by atoms with Crippen LogP contribution in [-0.4, -0.2) is 56.6 Å². The van der Waals surface area contributed by atoms with Crippen LogP contribution in [0.15, 0.2) is 24.3 Å². The summed E-state index contributed by atoms with van der Waals surface area (Å²) >= 11 is 0. The standard InChI is InChI=1S/C18H26FN3O3/c1-14(23)21-18(15-4-3-5-16(19)12-15)6-9-22(10-7-18)13-17(24)20-8-11-25-2/h3-5,12H,6-11,13H2,1-2H3,(H,20,24)(H,21,23). The highest BCUT2D eigenvalue weighted by Crippen LogP contribution is 2.33. The summed E-state index contributed by atoms with van der Waals surface area (Å²) in [5.74, 6) is -0.507. The molecule has 0 atom stereocenters. The molecule has 2 amide bonds. The van der Waals surface area contributed by atoms with Crippen LogP contribution in [0.4, 0.5) is 4.39 Å². The molecule has 0 spiro atoms. The van der Waals surface area contributed by atoms with Crippen molar-refractivity contribution in [3.63, 3.8) is 0 Å². The monoisotopic (exact) mass is 351 g/mol. The van der Waals surface area contributed by atoms with Gasteiger partial charge in [0.2, 0.25) is 11.8 Å². The Kier molecular flexibility index (Phi) is 6.90. The van der Waals surface area contributed by atoms with Crippen molar-refractivity contribution in [3.05, 3.63) is 35.6 Å². The van der Waals surface area contributed by atoms with E-state index in [2.05, 4.69) is 10.6 Å². The average molecular weight is 351 g/mol. The van der Waals surface area contributed by atoms with Crippen molar-refractivity contribution in [2.45, 2.75) is 25.3 Å². The normalized spacial score (nSPS) is 17.1. The van der Waals surface area contributed by atoms with Crippen LogP contribution < -0.4 is 10.6 Å². The number of amides is 2. The molecule has 138 valence electrons. The van der Waals surface area contributed by atoms with Gasteiger partial charge in [0, 0.05) is 33.7 Å². The fourth-order valence-electron chi connectivity index (χ4n) is 3.25. The lowest BCUT2D eigenvalue weighted by molar-refractivity contribution is -0.124. The van der Waals surface area contributed by atoms with Crippen molar-refractivity contribution in [2.24, 2.45) is 0 Å². The van der Waals surface area contributed by atoms with E-state index in [0.717, 1.165) is 5.56 Å². The Balaban J connectivity index is 1.99. The number of benzene rings is 1. The van der Waals surface area contributed by atoms with E-state index >= 15 is 0 Å². The Morgan fingerprint density at radius 1 is 1.32 bits per heavy atom. The van der Waals surface area contributed by atoms with Crippen LogP contribution in [0, 0.1) is 5.82 Å². The van der Waals surface area contributed by atoms with Gasteiger partial charge in [-0.15, -0.1) is 0 Å². The molecule has 1 fully saturated rings. The van der Waals surface area contributed by atoms with E-state index in [1.807, 2.05) is 11.0 Å². The fraction of sp³-hybridized carbons (Fsp3) is 0.556. The summed E-state index contributed by atoms with van der Waals surface area (Å²) in [5, 5.41) is 5.80. The summed E-state index contributed by atoms with van der Waals surface area (Å²) in [5.41, 5.74) is 0.184. The molecule has 1 aromatic rings. The molecule has 25 heavy (non-hydrogen) atoms. The van der Waals surface area contributed by atoms with Crippen LogP contribution >= 0.6 is 0 Å². The second kappa shape index (κ2) is 8.92. The molecule has 0 unspecified atom stereocenters. The molecule has 2 N–H and O–H groups in total. The molecule has 1 aromatic carbocycles. The summed E-state index contributed by atoms with van der Waals surface area (Å²) in [6.07, 6.45) is 1.25. The number of hydrogen-bond acceptors (Lipinski definition) is 4. The number of methoxy groups -OCH3 is 1. The number of halogens is 1. The number of piperidine rings is 1. The number of nitrogens with zero attached hydrogens (tertiary/aromatic N) is 1. The van der Waals surface area contributed by atoms with Gasteiger partial charge in [0.1, 0.15) is 5.82 Å². The number of nitrogens with one attached hydrogen (secondary N) is 2. The zero-order chi connectivity index (χ0) is 18.3. The van der Waals surface area contributed by atoms with Gasteiger partial charge in [0.15, 0.2) is 0 Å². The van der Waals surface area contributed by atoms with Gasteiger partial charge in [-0.1, -0.05) is 12.1 Å². The number of likely N-dealkylation sites (tertiary alicyclic amines) is 1. The predicted molar refractivity (Wildman–Crippen MR) is 92.5 cm³/mol. The maximum atomic E-state index is 13.6. The Morgan fingerprint density at radius 2 is 2.04 bits per heavy atom. The molecule has 0 radical (unpaired) electrons. The molecule has 0 bridgehead atoms. The van der Waals surface area contributed by atoms with Crippen LogP contribution in [0.1, 0.15) is 25.3 Å². The first-order chi connectivity index (χ1) is 11.9. The third-order valence-electron chi connectivity index (χ3n) is 4.50. The molecule has 1 saturated heterocycles. The van der Waals surface area contributed by atoms with Gasteiger partial charge in [0.25, 0.3) is 0 Å². The summed E-state index contributed by atoms with van der Waals surface area (Å²) in [4.78, 5) is 25.6. The maximum Gasteiger partial charge on any atom is 0.234 e. The first-order valence-corrected chi connectivity index (χ1v) is 8.48. The Hall–Kier alpha value is -1.99. The van der Waals surface area contributed by atoms with Crippen molar-refractivity contribution in [1.82, 2.24) is 15.5 Å². The van der Waals surface area contributed by atoms with E-state index in [9.17, 15) is 14.0 Å². The first kappa shape index (κ1) is 19.3. The molecule has 0 aliphatic carbocycles. The Labute approximate surface area is 147 Å². The number of rotatable bonds is 7. The summed E-state index contributed by atoms with van der Waals surface area (Å²) in [6, 6.07) is 6.36. The quantitative estimate of drug-likeness (QED) is 0.720. The maximum absolute atomic E-state index is 13.6. The number of ether oxygens (including phenoxy) is 1. The summed E-state index contributed by atoms with van der Waals surface area (Å²) < 4.78 is 18.5. The average Bonchev–Trinajstić information content (AvgIpc) is 2.56. The Morgan fingerprint density at radius 3 is 2.64 bits per heavy atom. The van der Waals surface area contributed by atoms with Crippen molar-refractivity contribution >= 4 is 11.8 Å². The highest BCUT2D eigenvalue weighted by Gasteiger charge is 2.37. The van der Waals surface area contributed by atoms with E-state index in [1.54, 1.807) is 13.2 Å². The van der Waals surface area contributed by atoms with E-state index in [-0.39, 0.29) is 17.6 Å². The highest BCUT2D eigenvalue weighted by atomic mass is 19.1. The topological polar surface area (TPSA) is 70.7 Å². The fourth-order valence-corrected chi connectivity index (χ4v) is 3.25. The molecule has 7 heteroatoms. The largest absolute Gasteiger partial charge is 0.383 e. The second-order valence-electron chi connectivity index (χ2n) is 6.39. The van der Waals surface area contributed by atoms with Gasteiger partial charge < -0.3 is 15.4 Å². The van der Waals surface area contributed by atoms with Crippen molar-refractivity contribution < 1.29 is 18.7 Å². The zero-order valence-corrected chi connectivity index (χ0v) is 14.8. The molecule has 0 saturated carbocycles. The van der Waals surface area contributed by atoms with Crippen molar-refractivity contribution in [2.75, 3.05) is 39.9 Å². The van der Waals surface area contributed by atoms with Crippen LogP contribution in [0.2, 0.25) is 0 Å². The van der Waals surface area contributed by atoms with Crippen LogP contribution in [-0.2, 0) is 19.9 Å². The summed E-state index contributed by atoms with van der Waals surface area (Å²) in [6.45, 7) is 4.04. The smallest absolute Gasteiger partial charge is 0.234 e. The summed E-state index contributed by atoms with van der Waals surface area (Å²) in [7, 11) is 1.59. The molecule has 2 rings (SSSR count). The van der Waals surface area contributed by atoms with Gasteiger partial charge in [-0.05, 0) is 30.5 Å². The minimum atomic E-state index is -0.586. The molecular formula is C18H26FN3O3. The zero-order valence-electron chi connectivity index (χ0n) is 14.8. The van der Waals surface area contributed by atoms with E-state index in [0.29, 0.717) is 45.6 Å². The van der Waals surface area contributed by atoms with E-state index in [4.69, 9.17) is 4.74 Å². The lowest BCUT2D eigenvalue weighted by Gasteiger charge is -2.42. The molecule has 6 nitrogen and oxygen atoms in total. The lowest BCUT2D eigenvalue weighted by atomic mass is 9.80. The van der Waals surface area contributed by atoms with E-state index < -0.39 is 5.54 Å². The second-order valence-corrected chi connectivity index (χ2v) is 6.39. The third kappa shape index (κ3) is 5.51. The number of carbonyl (C=O) groups excluding carboxylic acids is 2. The minimum Gasteiger partial charge on any atom is -0.383 e. The first-order valence-electron chi connectivity index (χ1n) is 8.48. The lowest BCUT2D eigenvalue weighted by Crippen LogP contribution is -2.54. The van der Waals surface area contributed by atoms with Gasteiger partial charge >= 0.3 is 0 Å². The van der Waals surface area contributed by atoms with Gasteiger partial charge in [0.05, 0.1) is 18.7 Å². The van der Waals surface area contributed by atoms with Gasteiger partial charge in [-0.2, -0.15) is 0 Å². The van der Waals surface area contributed by atoms with Crippen LogP contribution in [0.5, 0.6) is 0 Å². The van der Waals surface area contributed by atoms with Gasteiger partial charge in [-0.25, -0.2) is 4.39 Å². The minimum absolute atomic E-state index is 0.0465. The highest BCUT2D eigenvalue weighted by molar-refractivity contribution is 5.78. The van der Waals surface area contributed by atoms with Gasteiger partial charge in [-0.3, -0.25) is 14.5 Å². The van der Waals surface area contributed by atoms with Crippen molar-refractivity contribution in [1.29, 1.82) is 0 Å². The molecule has 1 heterocycles. The number of hydrogen-bond donors (Lipinski definition) is 2. The Bertz CT molecular complexity index is 601. The van der Waals surface area contributed by atoms with Crippen LogP contribution in [0.3, 0.4) is 0 Å². The molecular weight excluding hydrogens is 325 g/mol. The van der Waals surface area contributed by atoms with E-state index in [1.165, 1.54) is 19.1 Å². The molecule has 1 aliphatic rings. The SMILES string of the molecule is COCCNC(=O)CN1CCC(NC(C)=O)(c2cccc(F)c2)CC1. The third-order valence-corrected chi connectivity index (χ3v) is 4.50. The predicted octanol–water partition coefficient (Wildman–Crippen LogP) is 1.02. The number of carbonyl (C=O) groups is 2. The molecule has 0 aromatic heterocycles. The van der Waals surface area contributed by atoms with Crippen molar-refractivity contribution in [3.8, 4) is 0 Å². The van der Waals surface area contributed by atoms with Crippen LogP contribution in [0.25, 0.3) is 0 Å². The molecule has 1 aliphatic heterocycles.